The molecule has 0 bridgehead atoms. The summed E-state index contributed by atoms with van der Waals surface area (Å²) in [5.74, 6) is -0.617. The molecule has 1 aliphatic rings. The van der Waals surface area contributed by atoms with E-state index in [9.17, 15) is 18.4 Å². The number of rotatable bonds is 7. The van der Waals surface area contributed by atoms with Crippen LogP contribution in [0.3, 0.4) is 0 Å². The van der Waals surface area contributed by atoms with Crippen molar-refractivity contribution >= 4 is 27.5 Å². The predicted octanol–water partition coefficient (Wildman–Crippen LogP) is 3.95. The van der Waals surface area contributed by atoms with Crippen LogP contribution in [0, 0.1) is 17.0 Å². The van der Waals surface area contributed by atoms with Crippen LogP contribution in [0.1, 0.15) is 31.2 Å². The van der Waals surface area contributed by atoms with Gasteiger partial charge in [0.25, 0.3) is 0 Å². The van der Waals surface area contributed by atoms with Crippen LogP contribution in [0.4, 0.5) is 0 Å². The Morgan fingerprint density at radius 1 is 1.03 bits per heavy atom. The fourth-order valence-electron chi connectivity index (χ4n) is 3.76. The van der Waals surface area contributed by atoms with Crippen molar-refractivity contribution in [1.82, 2.24) is 9.79 Å². The third-order valence-corrected chi connectivity index (χ3v) is 7.51. The van der Waals surface area contributed by atoms with Gasteiger partial charge in [-0.3, -0.25) is 4.79 Å². The number of carbonyl (C=O) groups excluding carboxylic acids is 1. The minimum Gasteiger partial charge on any atom is -0.759 e. The van der Waals surface area contributed by atoms with Crippen LogP contribution < -0.4 is 5.48 Å². The number of benzene rings is 2. The highest BCUT2D eigenvalue weighted by Gasteiger charge is 2.31. The highest BCUT2D eigenvalue weighted by atomic mass is 35.5. The van der Waals surface area contributed by atoms with Crippen LogP contribution in [0.25, 0.3) is 0 Å². The second-order valence-electron chi connectivity index (χ2n) is 7.42. The lowest BCUT2D eigenvalue weighted by atomic mass is 9.81. The van der Waals surface area contributed by atoms with E-state index in [4.69, 9.17) is 11.6 Å². The highest BCUT2D eigenvalue weighted by molar-refractivity contribution is 7.89. The first kappa shape index (κ1) is 21.8. The molecule has 1 fully saturated rings. The topological polar surface area (TPSA) is 89.5 Å². The van der Waals surface area contributed by atoms with Crippen molar-refractivity contribution in [3.8, 4) is 0 Å². The summed E-state index contributed by atoms with van der Waals surface area (Å²) in [6, 6.07) is 15.5. The van der Waals surface area contributed by atoms with Crippen LogP contribution in [-0.2, 0) is 21.4 Å². The molecular formula is C21H24ClN2O4S-. The largest absolute Gasteiger partial charge is 0.759 e. The maximum absolute atomic E-state index is 13.3. The van der Waals surface area contributed by atoms with E-state index in [-0.39, 0.29) is 23.3 Å². The molecule has 1 saturated carbocycles. The number of halogens is 1. The molecule has 6 nitrogen and oxygen atoms in total. The quantitative estimate of drug-likeness (QED) is 0.666. The standard InChI is InChI=1S/C21H24ClN2O4S/c22-19-12-8-17(9-13-19)15-24(29(27,28)20-4-2-1-3-5-20)14-16-6-10-18(11-7-16)21(25)23-26/h1-5,8-9,12-13,16,18H,6-7,10-11,14-15H2,(H-,23,25,26)/q-1. The Bertz CT molecular complexity index is 911. The first-order valence-corrected chi connectivity index (χ1v) is 11.4. The Morgan fingerprint density at radius 2 is 1.66 bits per heavy atom. The molecule has 0 unspecified atom stereocenters. The molecule has 2 aromatic rings. The zero-order valence-corrected chi connectivity index (χ0v) is 17.5. The SMILES string of the molecule is O=C(N[O-])C1CCC(CN(Cc2ccc(Cl)cc2)S(=O)(=O)c2ccccc2)CC1. The number of carbonyl (C=O) groups is 1. The van der Waals surface area contributed by atoms with Crippen LogP contribution in [0.2, 0.25) is 5.02 Å². The monoisotopic (exact) mass is 435 g/mol. The fourth-order valence-corrected chi connectivity index (χ4v) is 5.41. The van der Waals surface area contributed by atoms with Gasteiger partial charge < -0.3 is 10.7 Å². The lowest BCUT2D eigenvalue weighted by molar-refractivity contribution is -0.125. The van der Waals surface area contributed by atoms with E-state index in [0.717, 1.165) is 5.56 Å². The molecule has 1 N–H and O–H groups in total. The Kier molecular flexibility index (Phi) is 7.29. The van der Waals surface area contributed by atoms with Gasteiger partial charge in [0.05, 0.1) is 4.90 Å². The summed E-state index contributed by atoms with van der Waals surface area (Å²) in [4.78, 5) is 11.8. The lowest BCUT2D eigenvalue weighted by Gasteiger charge is -2.32. The molecule has 29 heavy (non-hydrogen) atoms. The molecule has 0 radical (unpaired) electrons. The van der Waals surface area contributed by atoms with Crippen LogP contribution in [0.15, 0.2) is 59.5 Å². The van der Waals surface area contributed by atoms with Gasteiger partial charge in [0.15, 0.2) is 0 Å². The van der Waals surface area contributed by atoms with Crippen molar-refractivity contribution in [2.24, 2.45) is 11.8 Å². The normalized spacial score (nSPS) is 19.8. The van der Waals surface area contributed by atoms with E-state index in [0.29, 0.717) is 37.3 Å². The summed E-state index contributed by atoms with van der Waals surface area (Å²) in [5, 5.41) is 11.2. The highest BCUT2D eigenvalue weighted by Crippen LogP contribution is 2.31. The summed E-state index contributed by atoms with van der Waals surface area (Å²) in [7, 11) is -3.67. The first-order valence-electron chi connectivity index (χ1n) is 9.62. The fraction of sp³-hybridized carbons (Fsp3) is 0.381. The number of nitrogens with zero attached hydrogens (tertiary/aromatic N) is 1. The van der Waals surface area contributed by atoms with Crippen molar-refractivity contribution in [2.75, 3.05) is 6.54 Å². The zero-order chi connectivity index (χ0) is 20.9. The Balaban J connectivity index is 1.78. The number of hydrogen-bond donors (Lipinski definition) is 1. The number of amides is 1. The molecule has 0 saturated heterocycles. The molecule has 2 aromatic carbocycles. The summed E-state index contributed by atoms with van der Waals surface area (Å²) in [6.07, 6.45) is 2.61. The average molecular weight is 436 g/mol. The molecule has 0 atom stereocenters. The van der Waals surface area contributed by atoms with Gasteiger partial charge in [-0.15, -0.1) is 0 Å². The van der Waals surface area contributed by atoms with E-state index >= 15 is 0 Å². The van der Waals surface area contributed by atoms with E-state index in [2.05, 4.69) is 0 Å². The molecule has 8 heteroatoms. The van der Waals surface area contributed by atoms with Gasteiger partial charge in [-0.25, -0.2) is 8.42 Å². The summed E-state index contributed by atoms with van der Waals surface area (Å²) < 4.78 is 28.1. The molecular weight excluding hydrogens is 412 g/mol. The van der Waals surface area contributed by atoms with Gasteiger partial charge in [-0.05, 0) is 61.4 Å². The van der Waals surface area contributed by atoms with Crippen molar-refractivity contribution in [1.29, 1.82) is 0 Å². The van der Waals surface area contributed by atoms with Crippen molar-refractivity contribution in [3.05, 3.63) is 70.4 Å². The average Bonchev–Trinajstić information content (AvgIpc) is 2.75. The van der Waals surface area contributed by atoms with E-state index < -0.39 is 15.9 Å². The number of nitrogens with one attached hydrogen (secondary N) is 1. The molecule has 156 valence electrons. The van der Waals surface area contributed by atoms with Gasteiger partial charge in [0, 0.05) is 24.0 Å². The smallest absolute Gasteiger partial charge is 0.243 e. The molecule has 1 aliphatic carbocycles. The van der Waals surface area contributed by atoms with Gasteiger partial charge in [-0.1, -0.05) is 41.9 Å². The molecule has 1 amide bonds. The molecule has 0 spiro atoms. The van der Waals surface area contributed by atoms with Crippen molar-refractivity contribution in [2.45, 2.75) is 37.1 Å². The second kappa shape index (κ2) is 9.71. The third-order valence-electron chi connectivity index (χ3n) is 5.43. The predicted molar refractivity (Wildman–Crippen MR) is 112 cm³/mol. The van der Waals surface area contributed by atoms with E-state index in [1.807, 2.05) is 12.1 Å². The molecule has 3 rings (SSSR count). The van der Waals surface area contributed by atoms with Crippen LogP contribution >= 0.6 is 11.6 Å². The zero-order valence-electron chi connectivity index (χ0n) is 16.0. The second-order valence-corrected chi connectivity index (χ2v) is 9.80. The maximum Gasteiger partial charge on any atom is 0.243 e. The maximum atomic E-state index is 13.3. The minimum atomic E-state index is -3.67. The van der Waals surface area contributed by atoms with Gasteiger partial charge in [-0.2, -0.15) is 4.31 Å². The van der Waals surface area contributed by atoms with Crippen LogP contribution in [-0.4, -0.2) is 25.2 Å². The minimum absolute atomic E-state index is 0.136. The Morgan fingerprint density at radius 3 is 2.24 bits per heavy atom. The summed E-state index contributed by atoms with van der Waals surface area (Å²) in [5.41, 5.74) is 2.32. The Hall–Kier alpha value is -1.93. The van der Waals surface area contributed by atoms with E-state index in [1.54, 1.807) is 42.5 Å². The van der Waals surface area contributed by atoms with Gasteiger partial charge >= 0.3 is 0 Å². The summed E-state index contributed by atoms with van der Waals surface area (Å²) >= 11 is 5.95. The van der Waals surface area contributed by atoms with Crippen molar-refractivity contribution in [3.63, 3.8) is 0 Å². The number of hydroxylamine groups is 1. The van der Waals surface area contributed by atoms with Gasteiger partial charge in [0.1, 0.15) is 0 Å². The van der Waals surface area contributed by atoms with Crippen molar-refractivity contribution < 1.29 is 13.2 Å². The molecule has 0 heterocycles. The van der Waals surface area contributed by atoms with E-state index in [1.165, 1.54) is 9.79 Å². The third kappa shape index (κ3) is 5.57. The molecule has 0 aliphatic heterocycles. The number of hydrogen-bond acceptors (Lipinski definition) is 4. The number of sulfonamides is 1. The van der Waals surface area contributed by atoms with Crippen LogP contribution in [0.5, 0.6) is 0 Å². The summed E-state index contributed by atoms with van der Waals surface area (Å²) in [6.45, 7) is 0.612. The first-order chi connectivity index (χ1) is 13.9. The molecule has 0 aromatic heterocycles. The Labute approximate surface area is 176 Å². The van der Waals surface area contributed by atoms with Gasteiger partial charge in [0.2, 0.25) is 15.9 Å². The lowest BCUT2D eigenvalue weighted by Crippen LogP contribution is -2.37.